The molecule has 33 heavy (non-hydrogen) atoms. The Hall–Kier alpha value is -4.39. The van der Waals surface area contributed by atoms with Crippen molar-refractivity contribution in [3.05, 3.63) is 90.0 Å². The van der Waals surface area contributed by atoms with Crippen LogP contribution in [0.4, 0.5) is 11.5 Å². The van der Waals surface area contributed by atoms with Crippen LogP contribution in [0.25, 0.3) is 16.9 Å². The normalized spacial score (nSPS) is 10.5. The molecule has 3 aromatic carbocycles. The highest BCUT2D eigenvalue weighted by Gasteiger charge is 2.17. The lowest BCUT2D eigenvalue weighted by molar-refractivity contribution is -0.114. The van der Waals surface area contributed by atoms with Crippen LogP contribution >= 0.6 is 0 Å². The number of anilines is 2. The molecule has 1 aromatic heterocycles. The summed E-state index contributed by atoms with van der Waals surface area (Å²) >= 11 is 0. The van der Waals surface area contributed by atoms with E-state index in [2.05, 4.69) is 10.6 Å². The highest BCUT2D eigenvalue weighted by atomic mass is 16.5. The number of para-hydroxylation sites is 1. The first-order valence-electron chi connectivity index (χ1n) is 10.4. The molecule has 0 radical (unpaired) electrons. The van der Waals surface area contributed by atoms with Crippen LogP contribution in [0.3, 0.4) is 0 Å². The van der Waals surface area contributed by atoms with Gasteiger partial charge in [-0.3, -0.25) is 9.59 Å². The maximum atomic E-state index is 13.0. The molecular formula is C26H24N4O3. The van der Waals surface area contributed by atoms with Crippen molar-refractivity contribution in [2.45, 2.75) is 13.8 Å². The lowest BCUT2D eigenvalue weighted by Crippen LogP contribution is -2.15. The minimum Gasteiger partial charge on any atom is -0.496 e. The van der Waals surface area contributed by atoms with E-state index in [1.165, 1.54) is 6.92 Å². The molecule has 4 aromatic rings. The summed E-state index contributed by atoms with van der Waals surface area (Å²) in [4.78, 5) is 24.2. The molecule has 0 bridgehead atoms. The molecule has 7 heteroatoms. The van der Waals surface area contributed by atoms with E-state index in [9.17, 15) is 9.59 Å². The summed E-state index contributed by atoms with van der Waals surface area (Å²) in [7, 11) is 1.61. The van der Waals surface area contributed by atoms with E-state index in [-0.39, 0.29) is 11.8 Å². The number of benzene rings is 3. The summed E-state index contributed by atoms with van der Waals surface area (Å²) in [5, 5.41) is 10.4. The van der Waals surface area contributed by atoms with Gasteiger partial charge in [0.15, 0.2) is 0 Å². The maximum Gasteiger partial charge on any atom is 0.256 e. The summed E-state index contributed by atoms with van der Waals surface area (Å²) in [5.74, 6) is 0.760. The first-order valence-corrected chi connectivity index (χ1v) is 10.4. The Kier molecular flexibility index (Phi) is 6.22. The van der Waals surface area contributed by atoms with Crippen LogP contribution in [-0.2, 0) is 4.79 Å². The largest absolute Gasteiger partial charge is 0.496 e. The van der Waals surface area contributed by atoms with Gasteiger partial charge in [0.1, 0.15) is 11.6 Å². The summed E-state index contributed by atoms with van der Waals surface area (Å²) < 4.78 is 7.19. The Morgan fingerprint density at radius 2 is 1.61 bits per heavy atom. The average molecular weight is 441 g/mol. The number of hydrogen-bond donors (Lipinski definition) is 2. The third-order valence-electron chi connectivity index (χ3n) is 5.08. The molecule has 166 valence electrons. The second-order valence-corrected chi connectivity index (χ2v) is 7.58. The molecule has 0 spiro atoms. The van der Waals surface area contributed by atoms with Crippen LogP contribution in [-0.4, -0.2) is 28.7 Å². The van der Waals surface area contributed by atoms with Gasteiger partial charge in [0, 0.05) is 29.8 Å². The molecule has 0 aliphatic carbocycles. The number of rotatable bonds is 6. The van der Waals surface area contributed by atoms with Gasteiger partial charge in [0.05, 0.1) is 18.5 Å². The van der Waals surface area contributed by atoms with Gasteiger partial charge < -0.3 is 15.4 Å². The highest BCUT2D eigenvalue weighted by molar-refractivity contribution is 6.04. The molecule has 1 heterocycles. The molecule has 0 saturated carbocycles. The van der Waals surface area contributed by atoms with Crippen LogP contribution in [0, 0.1) is 6.92 Å². The minimum absolute atomic E-state index is 0.168. The fourth-order valence-electron chi connectivity index (χ4n) is 3.44. The molecule has 0 unspecified atom stereocenters. The van der Waals surface area contributed by atoms with Gasteiger partial charge >= 0.3 is 0 Å². The van der Waals surface area contributed by atoms with Crippen LogP contribution < -0.4 is 15.4 Å². The second-order valence-electron chi connectivity index (χ2n) is 7.58. The zero-order valence-electron chi connectivity index (χ0n) is 18.6. The van der Waals surface area contributed by atoms with Crippen molar-refractivity contribution in [1.82, 2.24) is 9.78 Å². The standard InChI is InChI=1S/C26H24N4O3/c1-17-8-14-21(15-9-17)30-25(16-23(29-30)22-6-4-5-7-24(22)33-3)28-26(32)19-10-12-20(13-11-19)27-18(2)31/h4-16H,1-3H3,(H,27,31)(H,28,32). The fraction of sp³-hybridized carbons (Fsp3) is 0.115. The molecule has 2 amide bonds. The van der Waals surface area contributed by atoms with Gasteiger partial charge in [-0.15, -0.1) is 0 Å². The summed E-state index contributed by atoms with van der Waals surface area (Å²) in [6, 6.07) is 24.0. The number of nitrogens with zero attached hydrogens (tertiary/aromatic N) is 2. The van der Waals surface area contributed by atoms with Crippen LogP contribution in [0.5, 0.6) is 5.75 Å². The predicted molar refractivity (Wildman–Crippen MR) is 129 cm³/mol. The SMILES string of the molecule is COc1ccccc1-c1cc(NC(=O)c2ccc(NC(C)=O)cc2)n(-c2ccc(C)cc2)n1. The van der Waals surface area contributed by atoms with E-state index in [1.807, 2.05) is 61.5 Å². The number of amides is 2. The van der Waals surface area contributed by atoms with Gasteiger partial charge in [0.2, 0.25) is 5.91 Å². The van der Waals surface area contributed by atoms with Crippen molar-refractivity contribution in [3.63, 3.8) is 0 Å². The number of carbonyl (C=O) groups is 2. The Bertz CT molecular complexity index is 1290. The topological polar surface area (TPSA) is 85.3 Å². The van der Waals surface area contributed by atoms with Gasteiger partial charge in [0.25, 0.3) is 5.91 Å². The zero-order chi connectivity index (χ0) is 23.4. The quantitative estimate of drug-likeness (QED) is 0.439. The molecule has 0 aliphatic heterocycles. The first-order chi connectivity index (χ1) is 15.9. The smallest absolute Gasteiger partial charge is 0.256 e. The number of carbonyl (C=O) groups excluding carboxylic acids is 2. The van der Waals surface area contributed by atoms with Crippen molar-refractivity contribution >= 4 is 23.3 Å². The predicted octanol–water partition coefficient (Wildman–Crippen LogP) is 5.07. The van der Waals surface area contributed by atoms with E-state index in [1.54, 1.807) is 36.1 Å². The summed E-state index contributed by atoms with van der Waals surface area (Å²) in [6.07, 6.45) is 0. The van der Waals surface area contributed by atoms with Crippen molar-refractivity contribution < 1.29 is 14.3 Å². The summed E-state index contributed by atoms with van der Waals surface area (Å²) in [6.45, 7) is 3.45. The van der Waals surface area contributed by atoms with Crippen molar-refractivity contribution in [2.24, 2.45) is 0 Å². The lowest BCUT2D eigenvalue weighted by Gasteiger charge is -2.10. The number of aryl methyl sites for hydroxylation is 1. The Morgan fingerprint density at radius 1 is 0.909 bits per heavy atom. The van der Waals surface area contributed by atoms with E-state index in [0.717, 1.165) is 16.8 Å². The van der Waals surface area contributed by atoms with Crippen molar-refractivity contribution in [3.8, 4) is 22.7 Å². The highest BCUT2D eigenvalue weighted by Crippen LogP contribution is 2.31. The average Bonchev–Trinajstić information content (AvgIpc) is 3.23. The number of nitrogens with one attached hydrogen (secondary N) is 2. The third kappa shape index (κ3) is 4.93. The fourth-order valence-corrected chi connectivity index (χ4v) is 3.44. The molecule has 7 nitrogen and oxygen atoms in total. The first kappa shape index (κ1) is 21.8. The molecule has 2 N–H and O–H groups in total. The van der Waals surface area contributed by atoms with Crippen LogP contribution in [0.1, 0.15) is 22.8 Å². The number of methoxy groups -OCH3 is 1. The van der Waals surface area contributed by atoms with E-state index in [4.69, 9.17) is 9.84 Å². The number of hydrogen-bond acceptors (Lipinski definition) is 4. The monoisotopic (exact) mass is 440 g/mol. The Labute approximate surface area is 192 Å². The summed E-state index contributed by atoms with van der Waals surface area (Å²) in [5.41, 5.74) is 4.52. The molecule has 0 aliphatic rings. The van der Waals surface area contributed by atoms with Gasteiger partial charge in [-0.25, -0.2) is 4.68 Å². The molecule has 4 rings (SSSR count). The number of aromatic nitrogens is 2. The van der Waals surface area contributed by atoms with Crippen LogP contribution in [0.15, 0.2) is 78.9 Å². The van der Waals surface area contributed by atoms with Crippen molar-refractivity contribution in [2.75, 3.05) is 17.7 Å². The van der Waals surface area contributed by atoms with Gasteiger partial charge in [-0.1, -0.05) is 29.8 Å². The maximum absolute atomic E-state index is 13.0. The van der Waals surface area contributed by atoms with Gasteiger partial charge in [-0.2, -0.15) is 5.10 Å². The van der Waals surface area contributed by atoms with E-state index in [0.29, 0.717) is 28.5 Å². The van der Waals surface area contributed by atoms with Crippen LogP contribution in [0.2, 0.25) is 0 Å². The van der Waals surface area contributed by atoms with Gasteiger partial charge in [-0.05, 0) is 55.5 Å². The van der Waals surface area contributed by atoms with Crippen molar-refractivity contribution in [1.29, 1.82) is 0 Å². The Morgan fingerprint density at radius 3 is 2.27 bits per heavy atom. The third-order valence-corrected chi connectivity index (χ3v) is 5.08. The number of ether oxygens (including phenoxy) is 1. The molecule has 0 saturated heterocycles. The zero-order valence-corrected chi connectivity index (χ0v) is 18.6. The van der Waals surface area contributed by atoms with E-state index >= 15 is 0 Å². The van der Waals surface area contributed by atoms with E-state index < -0.39 is 0 Å². The molecule has 0 atom stereocenters. The Balaban J connectivity index is 1.70. The molecule has 0 fully saturated rings. The molecular weight excluding hydrogens is 416 g/mol. The minimum atomic E-state index is -0.288. The second kappa shape index (κ2) is 9.40. The lowest BCUT2D eigenvalue weighted by atomic mass is 10.1.